The van der Waals surface area contributed by atoms with Crippen LogP contribution < -0.4 is 5.32 Å². The number of rotatable bonds is 4. The molecule has 26 heavy (non-hydrogen) atoms. The van der Waals surface area contributed by atoms with Crippen LogP contribution in [0.1, 0.15) is 11.1 Å². The Kier molecular flexibility index (Phi) is 6.00. The predicted molar refractivity (Wildman–Crippen MR) is 111 cm³/mol. The Morgan fingerprint density at radius 2 is 1.50 bits per heavy atom. The van der Waals surface area contributed by atoms with Crippen molar-refractivity contribution in [2.75, 3.05) is 5.32 Å². The van der Waals surface area contributed by atoms with Crippen LogP contribution in [0.4, 0.5) is 5.69 Å². The van der Waals surface area contributed by atoms with Gasteiger partial charge in [0.15, 0.2) is 0 Å². The zero-order valence-corrected chi connectivity index (χ0v) is 15.8. The van der Waals surface area contributed by atoms with Gasteiger partial charge in [-0.25, -0.2) is 0 Å². The van der Waals surface area contributed by atoms with Crippen LogP contribution in [0.5, 0.6) is 0 Å². The number of carbonyl (C=O) groups excluding carboxylic acids is 1. The summed E-state index contributed by atoms with van der Waals surface area (Å²) < 4.78 is 0. The standard InChI is InChI=1S/C21H14Cl3NO/c22-16-10-11-19(24)20(13-16)25-21(26)17(14-6-2-1-3-7-14)12-15-8-4-5-9-18(15)23/h1-13H,(H,25,26)/b17-12+. The molecule has 0 fully saturated rings. The van der Waals surface area contributed by atoms with Crippen LogP contribution >= 0.6 is 34.8 Å². The van der Waals surface area contributed by atoms with Crippen molar-refractivity contribution in [1.29, 1.82) is 0 Å². The molecule has 0 spiro atoms. The normalized spacial score (nSPS) is 11.3. The summed E-state index contributed by atoms with van der Waals surface area (Å²) in [5.41, 5.74) is 2.43. The molecule has 0 aliphatic rings. The molecule has 0 aromatic heterocycles. The summed E-state index contributed by atoms with van der Waals surface area (Å²) in [5, 5.41) is 4.28. The lowest BCUT2D eigenvalue weighted by molar-refractivity contribution is -0.111. The van der Waals surface area contributed by atoms with Gasteiger partial charge in [0.25, 0.3) is 5.91 Å². The lowest BCUT2D eigenvalue weighted by Gasteiger charge is -2.12. The third kappa shape index (κ3) is 4.47. The van der Waals surface area contributed by atoms with Crippen molar-refractivity contribution in [3.63, 3.8) is 0 Å². The minimum Gasteiger partial charge on any atom is -0.321 e. The van der Waals surface area contributed by atoms with Gasteiger partial charge >= 0.3 is 0 Å². The third-order valence-electron chi connectivity index (χ3n) is 3.71. The first-order valence-electron chi connectivity index (χ1n) is 7.82. The van der Waals surface area contributed by atoms with E-state index in [-0.39, 0.29) is 5.91 Å². The molecular formula is C21H14Cl3NO. The van der Waals surface area contributed by atoms with E-state index < -0.39 is 0 Å². The van der Waals surface area contributed by atoms with Crippen molar-refractivity contribution in [2.24, 2.45) is 0 Å². The van der Waals surface area contributed by atoms with E-state index in [0.29, 0.717) is 26.3 Å². The smallest absolute Gasteiger partial charge is 0.256 e. The molecule has 0 atom stereocenters. The molecule has 0 heterocycles. The van der Waals surface area contributed by atoms with Crippen LogP contribution in [0.15, 0.2) is 72.8 Å². The summed E-state index contributed by atoms with van der Waals surface area (Å²) in [7, 11) is 0. The second-order valence-corrected chi connectivity index (χ2v) is 6.77. The average Bonchev–Trinajstić information content (AvgIpc) is 2.64. The SMILES string of the molecule is O=C(Nc1cc(Cl)ccc1Cl)/C(=C/c1ccccc1Cl)c1ccccc1. The lowest BCUT2D eigenvalue weighted by atomic mass is 10.0. The highest BCUT2D eigenvalue weighted by Gasteiger charge is 2.15. The maximum atomic E-state index is 13.0. The Labute approximate surface area is 167 Å². The second-order valence-electron chi connectivity index (χ2n) is 5.52. The van der Waals surface area contributed by atoms with Gasteiger partial charge < -0.3 is 5.32 Å². The molecule has 3 rings (SSSR count). The van der Waals surface area contributed by atoms with Gasteiger partial charge in [-0.2, -0.15) is 0 Å². The summed E-state index contributed by atoms with van der Waals surface area (Å²) in [4.78, 5) is 13.0. The predicted octanol–water partition coefficient (Wildman–Crippen LogP) is 6.83. The topological polar surface area (TPSA) is 29.1 Å². The first kappa shape index (κ1) is 18.5. The number of benzene rings is 3. The van der Waals surface area contributed by atoms with Crippen molar-refractivity contribution in [2.45, 2.75) is 0 Å². The Balaban J connectivity index is 2.02. The van der Waals surface area contributed by atoms with Crippen molar-refractivity contribution in [1.82, 2.24) is 0 Å². The summed E-state index contributed by atoms with van der Waals surface area (Å²) in [6, 6.07) is 21.6. The summed E-state index contributed by atoms with van der Waals surface area (Å²) in [6.45, 7) is 0. The van der Waals surface area contributed by atoms with Gasteiger partial charge in [-0.1, -0.05) is 83.3 Å². The van der Waals surface area contributed by atoms with Crippen molar-refractivity contribution in [3.05, 3.63) is 99.0 Å². The highest BCUT2D eigenvalue weighted by Crippen LogP contribution is 2.28. The molecule has 0 aliphatic carbocycles. The molecule has 3 aromatic carbocycles. The van der Waals surface area contributed by atoms with Crippen LogP contribution in [0.25, 0.3) is 11.6 Å². The highest BCUT2D eigenvalue weighted by atomic mass is 35.5. The van der Waals surface area contributed by atoms with Crippen LogP contribution in [0.3, 0.4) is 0 Å². The van der Waals surface area contributed by atoms with Gasteiger partial charge in [-0.3, -0.25) is 4.79 Å². The number of hydrogen-bond donors (Lipinski definition) is 1. The maximum Gasteiger partial charge on any atom is 0.256 e. The molecule has 3 aromatic rings. The maximum absolute atomic E-state index is 13.0. The highest BCUT2D eigenvalue weighted by molar-refractivity contribution is 6.38. The number of hydrogen-bond acceptors (Lipinski definition) is 1. The van der Waals surface area contributed by atoms with E-state index in [0.717, 1.165) is 11.1 Å². The fourth-order valence-corrected chi connectivity index (χ4v) is 2.96. The first-order chi connectivity index (χ1) is 12.5. The van der Waals surface area contributed by atoms with E-state index in [9.17, 15) is 4.79 Å². The Hall–Kier alpha value is -2.26. The summed E-state index contributed by atoms with van der Waals surface area (Å²) >= 11 is 18.4. The zero-order valence-electron chi connectivity index (χ0n) is 13.5. The largest absolute Gasteiger partial charge is 0.321 e. The minimum absolute atomic E-state index is 0.305. The molecule has 0 unspecified atom stereocenters. The minimum atomic E-state index is -0.305. The van der Waals surface area contributed by atoms with Gasteiger partial charge in [0.2, 0.25) is 0 Å². The molecule has 2 nitrogen and oxygen atoms in total. The zero-order chi connectivity index (χ0) is 18.5. The van der Waals surface area contributed by atoms with Crippen molar-refractivity contribution < 1.29 is 4.79 Å². The van der Waals surface area contributed by atoms with Gasteiger partial charge in [0.05, 0.1) is 10.7 Å². The Bertz CT molecular complexity index is 968. The fourth-order valence-electron chi connectivity index (χ4n) is 2.43. The number of halogens is 3. The number of nitrogens with one attached hydrogen (secondary N) is 1. The van der Waals surface area contributed by atoms with E-state index in [1.807, 2.05) is 48.5 Å². The van der Waals surface area contributed by atoms with E-state index in [1.54, 1.807) is 30.3 Å². The molecular weight excluding hydrogens is 389 g/mol. The quantitative estimate of drug-likeness (QED) is 0.376. The van der Waals surface area contributed by atoms with Gasteiger partial charge in [-0.05, 0) is 41.5 Å². The van der Waals surface area contributed by atoms with E-state index in [2.05, 4.69) is 5.32 Å². The Morgan fingerprint density at radius 1 is 0.808 bits per heavy atom. The van der Waals surface area contributed by atoms with Gasteiger partial charge in [0.1, 0.15) is 0 Å². The van der Waals surface area contributed by atoms with Crippen molar-refractivity contribution in [3.8, 4) is 0 Å². The summed E-state index contributed by atoms with van der Waals surface area (Å²) in [5.74, 6) is -0.305. The fraction of sp³-hybridized carbons (Fsp3) is 0. The van der Waals surface area contributed by atoms with Crippen LogP contribution in [-0.4, -0.2) is 5.91 Å². The molecule has 5 heteroatoms. The van der Waals surface area contributed by atoms with E-state index >= 15 is 0 Å². The molecule has 0 aliphatic heterocycles. The second kappa shape index (κ2) is 8.41. The van der Waals surface area contributed by atoms with Crippen LogP contribution in [-0.2, 0) is 4.79 Å². The number of amides is 1. The van der Waals surface area contributed by atoms with Gasteiger partial charge in [-0.15, -0.1) is 0 Å². The van der Waals surface area contributed by atoms with Crippen molar-refractivity contribution >= 4 is 58.0 Å². The van der Waals surface area contributed by atoms with Crippen LogP contribution in [0.2, 0.25) is 15.1 Å². The Morgan fingerprint density at radius 3 is 2.23 bits per heavy atom. The molecule has 130 valence electrons. The molecule has 0 saturated carbocycles. The molecule has 0 saturated heterocycles. The van der Waals surface area contributed by atoms with Crippen LogP contribution in [0, 0.1) is 0 Å². The average molecular weight is 403 g/mol. The molecule has 0 radical (unpaired) electrons. The van der Waals surface area contributed by atoms with E-state index in [4.69, 9.17) is 34.8 Å². The molecule has 1 N–H and O–H groups in total. The monoisotopic (exact) mass is 401 g/mol. The first-order valence-corrected chi connectivity index (χ1v) is 8.96. The number of carbonyl (C=O) groups is 1. The molecule has 0 bridgehead atoms. The van der Waals surface area contributed by atoms with Gasteiger partial charge in [0, 0.05) is 15.6 Å². The van der Waals surface area contributed by atoms with E-state index in [1.165, 1.54) is 0 Å². The number of anilines is 1. The molecule has 1 amide bonds. The third-order valence-corrected chi connectivity index (χ3v) is 4.62. The lowest BCUT2D eigenvalue weighted by Crippen LogP contribution is -2.14. The summed E-state index contributed by atoms with van der Waals surface area (Å²) in [6.07, 6.45) is 1.76.